The molecule has 0 spiro atoms. The quantitative estimate of drug-likeness (QED) is 0.129. The number of hydrogen-bond acceptors (Lipinski definition) is 9. The molecule has 1 saturated heterocycles. The van der Waals surface area contributed by atoms with Crippen molar-refractivity contribution >= 4 is 37.2 Å². The summed E-state index contributed by atoms with van der Waals surface area (Å²) in [7, 11) is -2.43. The zero-order valence-electron chi connectivity index (χ0n) is 32.0. The largest absolute Gasteiger partial charge is 0.543 e. The summed E-state index contributed by atoms with van der Waals surface area (Å²) in [5.41, 5.74) is 6.08. The molecule has 1 aliphatic heterocycles. The number of rotatable bonds is 14. The Hall–Kier alpha value is -4.20. The molecule has 4 rings (SSSR count). The van der Waals surface area contributed by atoms with E-state index in [9.17, 15) is 24.6 Å². The lowest BCUT2D eigenvalue weighted by Gasteiger charge is -2.42. The number of carboxylic acids is 1. The normalized spacial score (nSPS) is 15.9. The van der Waals surface area contributed by atoms with Gasteiger partial charge in [-0.25, -0.2) is 10.2 Å². The molecule has 1 aliphatic rings. The van der Waals surface area contributed by atoms with E-state index in [2.05, 4.69) is 57.3 Å². The zero-order valence-corrected chi connectivity index (χ0v) is 33.0. The summed E-state index contributed by atoms with van der Waals surface area (Å²) < 4.78 is 18.6. The van der Waals surface area contributed by atoms with Gasteiger partial charge in [0.25, 0.3) is 14.2 Å². The van der Waals surface area contributed by atoms with E-state index in [1.54, 1.807) is 33.0 Å². The maximum atomic E-state index is 14.1. The standard InChI is InChI=1S/C39H56N4O8Si/c1-24(2)52(25(3)4,26(5)6)51-30-20-27(19-29(22-30)28-12-13-32-31(23-28)35(14-15-40-32)49-18-17-44)21-34(41-38(48)50-39(7,8)9)36(45)43-16-10-11-33(42-43)37(46)47/h12-15,19-20,22-26,33-34,42,44H,10-11,16-18,21H2,1-9H3,(H,41,48)(H,46,47)/t33-,34-/m0/s1. The van der Waals surface area contributed by atoms with Gasteiger partial charge in [-0.15, -0.1) is 0 Å². The summed E-state index contributed by atoms with van der Waals surface area (Å²) >= 11 is 0. The number of aliphatic hydroxyl groups is 1. The predicted octanol–water partition coefficient (Wildman–Crippen LogP) is 6.84. The van der Waals surface area contributed by atoms with Crippen molar-refractivity contribution in [3.05, 3.63) is 54.2 Å². The molecule has 0 unspecified atom stereocenters. The van der Waals surface area contributed by atoms with Crippen molar-refractivity contribution < 1.29 is 38.5 Å². The van der Waals surface area contributed by atoms with Crippen LogP contribution in [0.4, 0.5) is 4.79 Å². The number of aromatic nitrogens is 1. The Labute approximate surface area is 308 Å². The van der Waals surface area contributed by atoms with Gasteiger partial charge in [-0.05, 0) is 97.3 Å². The van der Waals surface area contributed by atoms with E-state index >= 15 is 0 Å². The molecule has 3 aromatic rings. The fourth-order valence-electron chi connectivity index (χ4n) is 7.34. The van der Waals surface area contributed by atoms with Gasteiger partial charge in [0.1, 0.15) is 35.8 Å². The third-order valence-electron chi connectivity index (χ3n) is 9.53. The van der Waals surface area contributed by atoms with Crippen molar-refractivity contribution in [3.8, 4) is 22.6 Å². The lowest BCUT2D eigenvalue weighted by molar-refractivity contribution is -0.147. The van der Waals surface area contributed by atoms with Gasteiger partial charge < -0.3 is 29.4 Å². The van der Waals surface area contributed by atoms with Crippen LogP contribution in [0.2, 0.25) is 16.6 Å². The van der Waals surface area contributed by atoms with Crippen molar-refractivity contribution in [1.82, 2.24) is 20.7 Å². The van der Waals surface area contributed by atoms with E-state index < -0.39 is 44.0 Å². The highest BCUT2D eigenvalue weighted by atomic mass is 28.4. The number of alkyl carbamates (subject to hydrolysis) is 1. The van der Waals surface area contributed by atoms with Gasteiger partial charge >= 0.3 is 12.1 Å². The number of ether oxygens (including phenoxy) is 2. The zero-order chi connectivity index (χ0) is 38.4. The number of amides is 2. The van der Waals surface area contributed by atoms with Gasteiger partial charge in [0.15, 0.2) is 0 Å². The van der Waals surface area contributed by atoms with E-state index in [0.717, 1.165) is 27.6 Å². The van der Waals surface area contributed by atoms with Gasteiger partial charge in [-0.1, -0.05) is 53.7 Å². The van der Waals surface area contributed by atoms with Crippen molar-refractivity contribution in [2.45, 2.75) is 116 Å². The van der Waals surface area contributed by atoms with Crippen LogP contribution < -0.4 is 19.9 Å². The SMILES string of the molecule is CC(C)[Si](Oc1cc(C[C@H](NC(=O)OC(C)(C)C)C(=O)N2CCC[C@@H](C(=O)O)N2)cc(-c2ccc3nccc(OCCO)c3c2)c1)(C(C)C)C(C)C. The van der Waals surface area contributed by atoms with Crippen LogP contribution >= 0.6 is 0 Å². The van der Waals surface area contributed by atoms with E-state index in [-0.39, 0.29) is 19.6 Å². The minimum Gasteiger partial charge on any atom is -0.543 e. The molecule has 1 fully saturated rings. The van der Waals surface area contributed by atoms with Crippen LogP contribution in [-0.4, -0.2) is 83.9 Å². The highest BCUT2D eigenvalue weighted by molar-refractivity contribution is 6.78. The number of hydrogen-bond donors (Lipinski definition) is 4. The molecule has 284 valence electrons. The summed E-state index contributed by atoms with van der Waals surface area (Å²) in [5, 5.41) is 23.9. The lowest BCUT2D eigenvalue weighted by atomic mass is 9.97. The fraction of sp³-hybridized carbons (Fsp3) is 0.538. The number of benzene rings is 2. The molecule has 1 aromatic heterocycles. The molecule has 2 heterocycles. The van der Waals surface area contributed by atoms with Crippen LogP contribution in [-0.2, 0) is 20.7 Å². The monoisotopic (exact) mass is 736 g/mol. The molecule has 0 aliphatic carbocycles. The first kappa shape index (κ1) is 40.6. The Morgan fingerprint density at radius 1 is 1.00 bits per heavy atom. The van der Waals surface area contributed by atoms with Crippen LogP contribution in [0.3, 0.4) is 0 Å². The molecular weight excluding hydrogens is 681 g/mol. The molecule has 12 nitrogen and oxygen atoms in total. The maximum absolute atomic E-state index is 14.1. The van der Waals surface area contributed by atoms with Crippen LogP contribution in [0.1, 0.15) is 80.7 Å². The molecule has 0 saturated carbocycles. The molecule has 2 amide bonds. The van der Waals surface area contributed by atoms with Gasteiger partial charge in [-0.3, -0.25) is 19.6 Å². The van der Waals surface area contributed by atoms with Gasteiger partial charge in [0.2, 0.25) is 0 Å². The number of hydrazine groups is 1. The maximum Gasteiger partial charge on any atom is 0.408 e. The highest BCUT2D eigenvalue weighted by Gasteiger charge is 2.47. The van der Waals surface area contributed by atoms with E-state index in [1.807, 2.05) is 36.4 Å². The third-order valence-corrected chi connectivity index (χ3v) is 15.5. The van der Waals surface area contributed by atoms with Crippen LogP contribution in [0.25, 0.3) is 22.0 Å². The second-order valence-electron chi connectivity index (χ2n) is 15.5. The smallest absolute Gasteiger partial charge is 0.408 e. The first-order chi connectivity index (χ1) is 24.4. The first-order valence-corrected chi connectivity index (χ1v) is 20.3. The number of nitrogens with one attached hydrogen (secondary N) is 2. The molecule has 2 atom stereocenters. The van der Waals surface area contributed by atoms with E-state index in [4.69, 9.17) is 13.9 Å². The Balaban J connectivity index is 1.85. The van der Waals surface area contributed by atoms with Crippen molar-refractivity contribution in [2.75, 3.05) is 19.8 Å². The third kappa shape index (κ3) is 9.81. The Morgan fingerprint density at radius 2 is 1.69 bits per heavy atom. The van der Waals surface area contributed by atoms with Crippen LogP contribution in [0, 0.1) is 0 Å². The number of carbonyl (C=O) groups excluding carboxylic acids is 2. The average molecular weight is 737 g/mol. The van der Waals surface area contributed by atoms with E-state index in [1.165, 1.54) is 5.01 Å². The second kappa shape index (κ2) is 17.1. The molecular formula is C39H56N4O8Si. The molecule has 2 aromatic carbocycles. The van der Waals surface area contributed by atoms with Crippen molar-refractivity contribution in [3.63, 3.8) is 0 Å². The molecule has 0 bridgehead atoms. The molecule has 13 heteroatoms. The summed E-state index contributed by atoms with van der Waals surface area (Å²) in [6, 6.07) is 11.6. The minimum atomic E-state index is -2.43. The van der Waals surface area contributed by atoms with E-state index in [0.29, 0.717) is 47.5 Å². The Bertz CT molecular complexity index is 1700. The van der Waals surface area contributed by atoms with Gasteiger partial charge in [0, 0.05) is 24.5 Å². The number of fused-ring (bicyclic) bond motifs is 1. The average Bonchev–Trinajstić information content (AvgIpc) is 3.07. The summed E-state index contributed by atoms with van der Waals surface area (Å²) in [6.07, 6.45) is 1.87. The Morgan fingerprint density at radius 3 is 2.31 bits per heavy atom. The summed E-state index contributed by atoms with van der Waals surface area (Å²) in [6.45, 7) is 18.9. The van der Waals surface area contributed by atoms with Crippen molar-refractivity contribution in [2.24, 2.45) is 0 Å². The lowest BCUT2D eigenvalue weighted by Crippen LogP contribution is -2.60. The highest BCUT2D eigenvalue weighted by Crippen LogP contribution is 2.44. The summed E-state index contributed by atoms with van der Waals surface area (Å²) in [5.74, 6) is -0.251. The fourth-order valence-corrected chi connectivity index (χ4v) is 12.6. The topological polar surface area (TPSA) is 160 Å². The number of carboxylic acid groups (broad SMARTS) is 1. The molecule has 0 radical (unpaired) electrons. The summed E-state index contributed by atoms with van der Waals surface area (Å²) in [4.78, 5) is 43.6. The molecule has 52 heavy (non-hydrogen) atoms. The number of nitrogens with zero attached hydrogens (tertiary/aromatic N) is 2. The van der Waals surface area contributed by atoms with Gasteiger partial charge in [0.05, 0.1) is 12.1 Å². The molecule has 4 N–H and O–H groups in total. The minimum absolute atomic E-state index is 0.0811. The second-order valence-corrected chi connectivity index (χ2v) is 20.8. The first-order valence-electron chi connectivity index (χ1n) is 18.2. The van der Waals surface area contributed by atoms with Gasteiger partial charge in [-0.2, -0.15) is 0 Å². The number of aliphatic hydroxyl groups excluding tert-OH is 1. The number of carbonyl (C=O) groups is 3. The van der Waals surface area contributed by atoms with Crippen LogP contribution in [0.15, 0.2) is 48.7 Å². The predicted molar refractivity (Wildman–Crippen MR) is 204 cm³/mol. The number of pyridine rings is 1. The van der Waals surface area contributed by atoms with Crippen LogP contribution in [0.5, 0.6) is 11.5 Å². The van der Waals surface area contributed by atoms with Crippen molar-refractivity contribution in [1.29, 1.82) is 0 Å². The number of aliphatic carboxylic acids is 1. The Kier molecular flexibility index (Phi) is 13.3.